The molecule has 0 fully saturated rings. The van der Waals surface area contributed by atoms with Crippen LogP contribution in [0.4, 0.5) is 14.5 Å². The Hall–Kier alpha value is -2.48. The molecule has 0 saturated heterocycles. The topological polar surface area (TPSA) is 66.5 Å². The molecule has 0 aromatic heterocycles. The van der Waals surface area contributed by atoms with Gasteiger partial charge in [-0.1, -0.05) is 31.2 Å². The van der Waals surface area contributed by atoms with Crippen LogP contribution < -0.4 is 9.62 Å². The number of carbonyl (C=O) groups is 1. The van der Waals surface area contributed by atoms with Crippen molar-refractivity contribution in [3.05, 3.63) is 65.7 Å². The summed E-state index contributed by atoms with van der Waals surface area (Å²) in [7, 11) is -3.88. The molecule has 0 radical (unpaired) electrons. The van der Waals surface area contributed by atoms with E-state index >= 15 is 0 Å². The second-order valence-electron chi connectivity index (χ2n) is 6.46. The van der Waals surface area contributed by atoms with Gasteiger partial charge < -0.3 is 5.32 Å². The highest BCUT2D eigenvalue weighted by atomic mass is 32.2. The van der Waals surface area contributed by atoms with Crippen molar-refractivity contribution in [3.63, 3.8) is 0 Å². The zero-order valence-corrected chi connectivity index (χ0v) is 16.7. The van der Waals surface area contributed by atoms with Gasteiger partial charge in [0, 0.05) is 6.54 Å². The predicted octanol–water partition coefficient (Wildman–Crippen LogP) is 3.26. The number of halogens is 2. The van der Waals surface area contributed by atoms with Crippen LogP contribution >= 0.6 is 0 Å². The third kappa shape index (κ3) is 5.76. The summed E-state index contributed by atoms with van der Waals surface area (Å²) >= 11 is 0. The van der Waals surface area contributed by atoms with E-state index in [4.69, 9.17) is 0 Å². The maximum Gasteiger partial charge on any atom is 0.243 e. The zero-order valence-electron chi connectivity index (χ0n) is 15.9. The largest absolute Gasteiger partial charge is 0.354 e. The molecule has 0 spiro atoms. The van der Waals surface area contributed by atoms with E-state index in [1.165, 1.54) is 30.3 Å². The van der Waals surface area contributed by atoms with E-state index in [1.54, 1.807) is 19.1 Å². The van der Waals surface area contributed by atoms with E-state index in [0.29, 0.717) is 19.4 Å². The van der Waals surface area contributed by atoms with Crippen molar-refractivity contribution in [2.45, 2.75) is 32.2 Å². The first kappa shape index (κ1) is 21.8. The molecule has 2 aromatic carbocycles. The van der Waals surface area contributed by atoms with Gasteiger partial charge in [0.15, 0.2) is 0 Å². The minimum Gasteiger partial charge on any atom is -0.354 e. The Balaban J connectivity index is 2.05. The maximum absolute atomic E-state index is 14.2. The number of para-hydroxylation sites is 1. The fourth-order valence-corrected chi connectivity index (χ4v) is 4.15. The number of benzene rings is 2. The Bertz CT molecular complexity index is 902. The van der Waals surface area contributed by atoms with E-state index in [1.807, 2.05) is 0 Å². The van der Waals surface area contributed by atoms with Crippen molar-refractivity contribution >= 4 is 21.6 Å². The van der Waals surface area contributed by atoms with Crippen LogP contribution in [0.2, 0.25) is 0 Å². The number of hydrogen-bond acceptors (Lipinski definition) is 3. The molecule has 8 heteroatoms. The number of carbonyl (C=O) groups excluding carboxylic acids is 1. The van der Waals surface area contributed by atoms with Crippen LogP contribution in [0, 0.1) is 11.6 Å². The van der Waals surface area contributed by atoms with Crippen LogP contribution in [-0.2, 0) is 21.2 Å². The zero-order chi connectivity index (χ0) is 20.7. The molecule has 0 unspecified atom stereocenters. The molecule has 0 heterocycles. The summed E-state index contributed by atoms with van der Waals surface area (Å²) in [6.07, 6.45) is 2.38. The van der Waals surface area contributed by atoms with Gasteiger partial charge in [-0.3, -0.25) is 9.10 Å². The van der Waals surface area contributed by atoms with Crippen molar-refractivity contribution in [2.75, 3.05) is 17.1 Å². The summed E-state index contributed by atoms with van der Waals surface area (Å²) in [5.41, 5.74) is 0.783. The molecule has 152 valence electrons. The number of amides is 1. The molecule has 0 saturated carbocycles. The summed E-state index contributed by atoms with van der Waals surface area (Å²) in [6, 6.07) is 10.5. The lowest BCUT2D eigenvalue weighted by molar-refractivity contribution is -0.122. The molecule has 0 aliphatic heterocycles. The Morgan fingerprint density at radius 3 is 2.32 bits per heavy atom. The highest BCUT2D eigenvalue weighted by Gasteiger charge is 2.32. The van der Waals surface area contributed by atoms with Crippen LogP contribution in [-0.4, -0.2) is 33.2 Å². The third-order valence-corrected chi connectivity index (χ3v) is 5.44. The maximum atomic E-state index is 14.2. The summed E-state index contributed by atoms with van der Waals surface area (Å²) in [5.74, 6) is -1.51. The molecule has 2 aromatic rings. The Labute approximate surface area is 164 Å². The Morgan fingerprint density at radius 2 is 1.75 bits per heavy atom. The fourth-order valence-electron chi connectivity index (χ4n) is 2.94. The quantitative estimate of drug-likeness (QED) is 0.646. The van der Waals surface area contributed by atoms with Gasteiger partial charge in [-0.25, -0.2) is 17.2 Å². The number of anilines is 1. The monoisotopic (exact) mass is 410 g/mol. The first-order valence-electron chi connectivity index (χ1n) is 9.00. The summed E-state index contributed by atoms with van der Waals surface area (Å²) in [6.45, 7) is 1.99. The van der Waals surface area contributed by atoms with E-state index in [2.05, 4.69) is 5.32 Å². The Kier molecular flexibility index (Phi) is 7.51. The van der Waals surface area contributed by atoms with Gasteiger partial charge in [0.1, 0.15) is 17.7 Å². The van der Waals surface area contributed by atoms with Crippen LogP contribution in [0.25, 0.3) is 0 Å². The molecule has 2 rings (SSSR count). The van der Waals surface area contributed by atoms with E-state index in [9.17, 15) is 22.0 Å². The molecule has 1 N–H and O–H groups in total. The molecule has 0 bridgehead atoms. The normalized spacial score (nSPS) is 12.4. The van der Waals surface area contributed by atoms with Crippen LogP contribution in [0.15, 0.2) is 48.5 Å². The number of aryl methyl sites for hydroxylation is 1. The van der Waals surface area contributed by atoms with Crippen LogP contribution in [0.3, 0.4) is 0 Å². The first-order chi connectivity index (χ1) is 13.2. The highest BCUT2D eigenvalue weighted by Crippen LogP contribution is 2.25. The molecule has 1 atom stereocenters. The Morgan fingerprint density at radius 1 is 1.11 bits per heavy atom. The highest BCUT2D eigenvalue weighted by molar-refractivity contribution is 7.92. The fraction of sp³-hybridized carbons (Fsp3) is 0.350. The van der Waals surface area contributed by atoms with Crippen molar-refractivity contribution in [3.8, 4) is 0 Å². The molecule has 1 amide bonds. The van der Waals surface area contributed by atoms with E-state index < -0.39 is 27.8 Å². The summed E-state index contributed by atoms with van der Waals surface area (Å²) < 4.78 is 52.5. The van der Waals surface area contributed by atoms with Gasteiger partial charge in [0.25, 0.3) is 0 Å². The number of sulfonamides is 1. The minimum atomic E-state index is -3.88. The van der Waals surface area contributed by atoms with Gasteiger partial charge in [0.2, 0.25) is 15.9 Å². The second kappa shape index (κ2) is 9.64. The van der Waals surface area contributed by atoms with Gasteiger partial charge in [-0.2, -0.15) is 0 Å². The minimum absolute atomic E-state index is 0.154. The van der Waals surface area contributed by atoms with Crippen molar-refractivity contribution in [2.24, 2.45) is 0 Å². The van der Waals surface area contributed by atoms with E-state index in [-0.39, 0.29) is 17.9 Å². The standard InChI is InChI=1S/C20H24F2N2O3S/c1-3-18(24(28(2,26)27)19-9-5-4-8-17(19)22)20(25)23-14-6-7-15-10-12-16(21)13-11-15/h4-5,8-13,18H,3,6-7,14H2,1-2H3,(H,23,25)/t18-/m0/s1. The SMILES string of the molecule is CC[C@@H](C(=O)NCCCc1ccc(F)cc1)N(c1ccccc1F)S(C)(=O)=O. The molecule has 5 nitrogen and oxygen atoms in total. The van der Waals surface area contributed by atoms with Gasteiger partial charge in [-0.15, -0.1) is 0 Å². The van der Waals surface area contributed by atoms with Gasteiger partial charge in [0.05, 0.1) is 11.9 Å². The third-order valence-electron chi connectivity index (χ3n) is 4.27. The lowest BCUT2D eigenvalue weighted by Gasteiger charge is -2.30. The van der Waals surface area contributed by atoms with Gasteiger partial charge in [-0.05, 0) is 49.1 Å². The average molecular weight is 410 g/mol. The van der Waals surface area contributed by atoms with Crippen molar-refractivity contribution < 1.29 is 22.0 Å². The van der Waals surface area contributed by atoms with Gasteiger partial charge >= 0.3 is 0 Å². The predicted molar refractivity (Wildman–Crippen MR) is 106 cm³/mol. The molecule has 0 aliphatic carbocycles. The molecular weight excluding hydrogens is 386 g/mol. The second-order valence-corrected chi connectivity index (χ2v) is 8.31. The lowest BCUT2D eigenvalue weighted by atomic mass is 10.1. The molecular formula is C20H24F2N2O3S. The number of nitrogens with one attached hydrogen (secondary N) is 1. The first-order valence-corrected chi connectivity index (χ1v) is 10.8. The molecule has 0 aliphatic rings. The average Bonchev–Trinajstić information content (AvgIpc) is 2.64. The lowest BCUT2D eigenvalue weighted by Crippen LogP contribution is -2.49. The van der Waals surface area contributed by atoms with Crippen LogP contribution in [0.1, 0.15) is 25.3 Å². The molecule has 28 heavy (non-hydrogen) atoms. The summed E-state index contributed by atoms with van der Waals surface area (Å²) in [5, 5.41) is 2.72. The van der Waals surface area contributed by atoms with Crippen molar-refractivity contribution in [1.82, 2.24) is 5.32 Å². The number of nitrogens with zero attached hydrogens (tertiary/aromatic N) is 1. The van der Waals surface area contributed by atoms with E-state index in [0.717, 1.165) is 22.2 Å². The smallest absolute Gasteiger partial charge is 0.243 e. The van der Waals surface area contributed by atoms with Crippen molar-refractivity contribution in [1.29, 1.82) is 0 Å². The number of rotatable bonds is 9. The summed E-state index contributed by atoms with van der Waals surface area (Å²) in [4.78, 5) is 12.6. The number of hydrogen-bond donors (Lipinski definition) is 1. The van der Waals surface area contributed by atoms with Crippen LogP contribution in [0.5, 0.6) is 0 Å².